The summed E-state index contributed by atoms with van der Waals surface area (Å²) in [5, 5.41) is 12.8. The summed E-state index contributed by atoms with van der Waals surface area (Å²) in [6.45, 7) is 15.4. The van der Waals surface area contributed by atoms with E-state index in [9.17, 15) is 38.7 Å². The van der Waals surface area contributed by atoms with Gasteiger partial charge in [-0.15, -0.1) is 0 Å². The first-order valence-electron chi connectivity index (χ1n) is 16.9. The first-order valence-corrected chi connectivity index (χ1v) is 16.9. The van der Waals surface area contributed by atoms with E-state index in [0.29, 0.717) is 0 Å². The molecule has 1 aliphatic carbocycles. The molecule has 15 heteroatoms. The number of carbonyl (C=O) groups excluding carboxylic acids is 7. The fourth-order valence-electron chi connectivity index (χ4n) is 7.99. The monoisotopic (exact) mass is 730 g/mol. The zero-order valence-electron chi connectivity index (χ0n) is 30.7. The van der Waals surface area contributed by atoms with Crippen LogP contribution >= 0.6 is 0 Å². The van der Waals surface area contributed by atoms with Crippen molar-refractivity contribution >= 4 is 41.6 Å². The number of hydrogen-bond donors (Lipinski definition) is 1. The lowest BCUT2D eigenvalue weighted by Gasteiger charge is -2.49. The molecule has 1 aromatic carbocycles. The predicted octanol–water partition coefficient (Wildman–Crippen LogP) is 2.79. The molecule has 3 unspecified atom stereocenters. The highest BCUT2D eigenvalue weighted by Gasteiger charge is 2.77. The number of hydrogen-bond acceptors (Lipinski definition) is 15. The standard InChI is InChI=1S/C37H46O15/c1-17-16-36(51-24(8)42)26(28(17)46-20(4)38)29(47-21(5)39)18(2)30(48-22(6)40)31(50-34(44)25-14-12-11-13-15-25)33(49-23(7)41)35(9,10)32-27(43)19(3)37(36,45)52-32/h11-15,17,19,26,28-33,45H,2,16H2,1,3-10H3/t17-,19+,26?,28-,29?,30-,31?,32-,33+,36+,37+/m0/s1. The van der Waals surface area contributed by atoms with E-state index in [1.54, 1.807) is 25.1 Å². The van der Waals surface area contributed by atoms with Gasteiger partial charge < -0.3 is 38.3 Å². The highest BCUT2D eigenvalue weighted by Crippen LogP contribution is 2.60. The van der Waals surface area contributed by atoms with Crippen molar-refractivity contribution in [2.45, 2.75) is 117 Å². The van der Waals surface area contributed by atoms with Crippen LogP contribution in [-0.4, -0.2) is 94.7 Å². The molecule has 15 nitrogen and oxygen atoms in total. The van der Waals surface area contributed by atoms with E-state index in [-0.39, 0.29) is 17.6 Å². The number of carbonyl (C=O) groups is 7. The Hall–Kier alpha value is -4.63. The summed E-state index contributed by atoms with van der Waals surface area (Å²) in [6, 6.07) is 7.68. The molecule has 3 aliphatic rings. The van der Waals surface area contributed by atoms with Crippen molar-refractivity contribution < 1.29 is 71.8 Å². The summed E-state index contributed by atoms with van der Waals surface area (Å²) < 4.78 is 41.7. The zero-order chi connectivity index (χ0) is 39.1. The van der Waals surface area contributed by atoms with Crippen molar-refractivity contribution in [2.75, 3.05) is 0 Å². The summed E-state index contributed by atoms with van der Waals surface area (Å²) >= 11 is 0. The number of rotatable bonds is 7. The number of esters is 6. The highest BCUT2D eigenvalue weighted by molar-refractivity contribution is 5.90. The normalized spacial score (nSPS) is 35.2. The minimum Gasteiger partial charge on any atom is -0.462 e. The molecular formula is C37H46O15. The van der Waals surface area contributed by atoms with Crippen molar-refractivity contribution in [1.82, 2.24) is 0 Å². The first kappa shape index (κ1) is 40.1. The average molecular weight is 731 g/mol. The lowest BCUT2D eigenvalue weighted by atomic mass is 9.68. The third-order valence-corrected chi connectivity index (χ3v) is 10.1. The van der Waals surface area contributed by atoms with E-state index in [2.05, 4.69) is 6.58 Å². The Morgan fingerprint density at radius 1 is 0.769 bits per heavy atom. The van der Waals surface area contributed by atoms with Gasteiger partial charge in [0, 0.05) is 45.6 Å². The van der Waals surface area contributed by atoms with Crippen LogP contribution in [0.2, 0.25) is 0 Å². The second-order valence-electron chi connectivity index (χ2n) is 14.3. The molecule has 284 valence electrons. The molecule has 4 rings (SSSR count). The van der Waals surface area contributed by atoms with E-state index in [1.165, 1.54) is 32.9 Å². The fraction of sp³-hybridized carbons (Fsp3) is 0.595. The van der Waals surface area contributed by atoms with Crippen LogP contribution < -0.4 is 0 Å². The molecule has 2 saturated heterocycles. The average Bonchev–Trinajstić information content (AvgIpc) is 3.45. The maximum absolute atomic E-state index is 14.4. The number of fused-ring (bicyclic) bond motifs is 4. The Morgan fingerprint density at radius 3 is 1.83 bits per heavy atom. The maximum Gasteiger partial charge on any atom is 0.338 e. The minimum absolute atomic E-state index is 0.0459. The highest BCUT2D eigenvalue weighted by atomic mass is 16.7. The molecule has 0 radical (unpaired) electrons. The molecule has 52 heavy (non-hydrogen) atoms. The van der Waals surface area contributed by atoms with Crippen molar-refractivity contribution in [3.63, 3.8) is 0 Å². The maximum atomic E-state index is 14.4. The lowest BCUT2D eigenvalue weighted by Crippen LogP contribution is -2.66. The molecule has 3 fully saturated rings. The number of aliphatic hydroxyl groups is 1. The number of ketones is 1. The van der Waals surface area contributed by atoms with Crippen LogP contribution in [0.3, 0.4) is 0 Å². The Labute approximate surface area is 301 Å². The molecule has 0 aromatic heterocycles. The van der Waals surface area contributed by atoms with Crippen molar-refractivity contribution in [3.8, 4) is 0 Å². The molecule has 2 bridgehead atoms. The van der Waals surface area contributed by atoms with Gasteiger partial charge in [-0.3, -0.25) is 28.8 Å². The second-order valence-corrected chi connectivity index (χ2v) is 14.3. The number of benzene rings is 1. The molecule has 11 atom stereocenters. The van der Waals surface area contributed by atoms with Gasteiger partial charge in [0.05, 0.1) is 17.4 Å². The zero-order valence-corrected chi connectivity index (χ0v) is 30.7. The molecule has 0 amide bonds. The van der Waals surface area contributed by atoms with Crippen LogP contribution in [0.15, 0.2) is 42.5 Å². The smallest absolute Gasteiger partial charge is 0.338 e. The van der Waals surface area contributed by atoms with Gasteiger partial charge in [0.25, 0.3) is 0 Å². The van der Waals surface area contributed by atoms with Gasteiger partial charge in [-0.05, 0) is 24.5 Å². The summed E-state index contributed by atoms with van der Waals surface area (Å²) in [4.78, 5) is 92.5. The van der Waals surface area contributed by atoms with Crippen LogP contribution in [0.25, 0.3) is 0 Å². The van der Waals surface area contributed by atoms with Gasteiger partial charge >= 0.3 is 35.8 Å². The summed E-state index contributed by atoms with van der Waals surface area (Å²) in [6.07, 6.45) is -10.4. The first-order chi connectivity index (χ1) is 24.1. The molecular weight excluding hydrogens is 684 g/mol. The predicted molar refractivity (Wildman–Crippen MR) is 177 cm³/mol. The van der Waals surface area contributed by atoms with E-state index in [1.807, 2.05) is 0 Å². The third-order valence-electron chi connectivity index (χ3n) is 10.1. The Kier molecular flexibility index (Phi) is 11.4. The molecule has 2 heterocycles. The van der Waals surface area contributed by atoms with Crippen LogP contribution in [0.1, 0.15) is 79.1 Å². The molecule has 2 aliphatic heterocycles. The number of Topliss-reactive ketones (excluding diaryl/α,β-unsaturated/α-hetero) is 1. The third kappa shape index (κ3) is 7.20. The number of ether oxygens (including phenoxy) is 7. The quantitative estimate of drug-likeness (QED) is 0.243. The van der Waals surface area contributed by atoms with Gasteiger partial charge in [-0.1, -0.05) is 52.5 Å². The van der Waals surface area contributed by atoms with Crippen molar-refractivity contribution in [2.24, 2.45) is 23.2 Å². The van der Waals surface area contributed by atoms with Crippen LogP contribution in [0.4, 0.5) is 0 Å². The van der Waals surface area contributed by atoms with E-state index in [0.717, 1.165) is 34.6 Å². The second kappa shape index (κ2) is 14.8. The van der Waals surface area contributed by atoms with Gasteiger partial charge in [0.1, 0.15) is 18.3 Å². The summed E-state index contributed by atoms with van der Waals surface area (Å²) in [7, 11) is 0. The largest absolute Gasteiger partial charge is 0.462 e. The van der Waals surface area contributed by atoms with E-state index in [4.69, 9.17) is 33.2 Å². The van der Waals surface area contributed by atoms with Crippen LogP contribution in [0.5, 0.6) is 0 Å². The van der Waals surface area contributed by atoms with E-state index < -0.39 is 113 Å². The fourth-order valence-corrected chi connectivity index (χ4v) is 7.99. The molecule has 1 saturated carbocycles. The Bertz CT molecular complexity index is 1630. The van der Waals surface area contributed by atoms with Crippen molar-refractivity contribution in [1.29, 1.82) is 0 Å². The minimum atomic E-state index is -2.71. The molecule has 0 spiro atoms. The van der Waals surface area contributed by atoms with Crippen LogP contribution in [-0.2, 0) is 61.9 Å². The van der Waals surface area contributed by atoms with Gasteiger partial charge in [-0.25, -0.2) is 4.79 Å². The van der Waals surface area contributed by atoms with Crippen molar-refractivity contribution in [3.05, 3.63) is 48.0 Å². The van der Waals surface area contributed by atoms with Gasteiger partial charge in [0.2, 0.25) is 5.79 Å². The van der Waals surface area contributed by atoms with Gasteiger partial charge in [0.15, 0.2) is 29.7 Å². The van der Waals surface area contributed by atoms with E-state index >= 15 is 0 Å². The molecule has 1 aromatic rings. The Morgan fingerprint density at radius 2 is 1.31 bits per heavy atom. The topological polar surface area (TPSA) is 204 Å². The SMILES string of the molecule is C=C1C(OC(C)=O)C2[C@@H](OC(C)=O)[C@@H](C)C[C@]2(OC(C)=O)[C@]2(O)O[C@@H](C(=O)[C@H]2C)C(C)(C)[C@H](OC(C)=O)C(OC(=O)c2ccccc2)[C@H]1OC(C)=O. The summed E-state index contributed by atoms with van der Waals surface area (Å²) in [5.74, 6) is -12.7. The Balaban J connectivity index is 2.16. The molecule has 1 N–H and O–H groups in total. The lowest BCUT2D eigenvalue weighted by molar-refractivity contribution is -0.334. The summed E-state index contributed by atoms with van der Waals surface area (Å²) in [5.41, 5.74) is -4.28. The van der Waals surface area contributed by atoms with Gasteiger partial charge in [-0.2, -0.15) is 0 Å². The van der Waals surface area contributed by atoms with Crippen LogP contribution in [0, 0.1) is 23.2 Å².